The average molecular weight is 379 g/mol. The van der Waals surface area contributed by atoms with Crippen molar-refractivity contribution in [2.45, 2.75) is 44.2 Å². The maximum atomic E-state index is 10.2. The van der Waals surface area contributed by atoms with Gasteiger partial charge < -0.3 is 30.2 Å². The number of nitrogens with zero attached hydrogens (tertiary/aromatic N) is 4. The quantitative estimate of drug-likeness (QED) is 0.396. The van der Waals surface area contributed by atoms with E-state index in [0.717, 1.165) is 0 Å². The van der Waals surface area contributed by atoms with Crippen molar-refractivity contribution in [3.05, 3.63) is 12.2 Å². The Morgan fingerprint density at radius 1 is 1.31 bits per heavy atom. The Kier molecular flexibility index (Phi) is 4.87. The van der Waals surface area contributed by atoms with Crippen LogP contribution in [0, 0.1) is 12.0 Å². The molecule has 0 unspecified atom stereocenters. The molecule has 0 amide bonds. The van der Waals surface area contributed by atoms with Gasteiger partial charge in [-0.2, -0.15) is 0 Å². The number of nitrogens with two attached hydrogens (primary N) is 1. The summed E-state index contributed by atoms with van der Waals surface area (Å²) in [5, 5.41) is 29.4. The van der Waals surface area contributed by atoms with Gasteiger partial charge in [-0.1, -0.05) is 0 Å². The molecule has 10 nitrogen and oxygen atoms in total. The van der Waals surface area contributed by atoms with Crippen LogP contribution < -0.4 is 5.73 Å². The first-order valence-corrected chi connectivity index (χ1v) is 11.4. The molecule has 26 heavy (non-hydrogen) atoms. The number of imidazole rings is 1. The van der Waals surface area contributed by atoms with Gasteiger partial charge in [-0.05, 0) is 19.6 Å². The standard InChI is InChI=1S/C15H21N5O5Si/c1-26(2,3)24-5-4-9-18-13(16)10-14(19-9)20(7-17-10)15-12(23)11(22)8(6-21)25-15/h7-8,11-12,15,21-23H,6H2,1-3H3,(H2,16,18,19)/t8-,11-,12-,15-/m1/s1. The minimum atomic E-state index is -1.81. The number of aliphatic hydroxyl groups is 3. The van der Waals surface area contributed by atoms with Crippen molar-refractivity contribution in [1.29, 1.82) is 0 Å². The Balaban J connectivity index is 1.98. The molecule has 0 spiro atoms. The third kappa shape index (κ3) is 3.50. The predicted octanol–water partition coefficient (Wildman–Crippen LogP) is -0.819. The first kappa shape index (κ1) is 18.6. The third-order valence-corrected chi connectivity index (χ3v) is 4.47. The molecule has 4 atom stereocenters. The topological polar surface area (TPSA) is 149 Å². The fourth-order valence-corrected chi connectivity index (χ4v) is 2.87. The molecular formula is C15H21N5O5Si. The number of aromatic nitrogens is 4. The summed E-state index contributed by atoms with van der Waals surface area (Å²) in [5.74, 6) is 2.97. The monoisotopic (exact) mass is 379 g/mol. The van der Waals surface area contributed by atoms with Gasteiger partial charge in [0.25, 0.3) is 8.32 Å². The van der Waals surface area contributed by atoms with E-state index in [1.807, 2.05) is 19.6 Å². The van der Waals surface area contributed by atoms with E-state index in [2.05, 4.69) is 27.0 Å². The predicted molar refractivity (Wildman–Crippen MR) is 94.1 cm³/mol. The Labute approximate surface area is 150 Å². The van der Waals surface area contributed by atoms with E-state index in [-0.39, 0.29) is 11.6 Å². The highest BCUT2D eigenvalue weighted by Gasteiger charge is 2.44. The van der Waals surface area contributed by atoms with E-state index in [0.29, 0.717) is 11.2 Å². The fourth-order valence-electron chi connectivity index (χ4n) is 2.51. The zero-order valence-corrected chi connectivity index (χ0v) is 15.6. The molecule has 140 valence electrons. The molecule has 0 saturated carbocycles. The lowest BCUT2D eigenvalue weighted by molar-refractivity contribution is -0.0511. The lowest BCUT2D eigenvalue weighted by Crippen LogP contribution is -2.33. The number of anilines is 1. The van der Waals surface area contributed by atoms with Gasteiger partial charge in [-0.3, -0.25) is 4.57 Å². The molecule has 1 aliphatic heterocycles. The summed E-state index contributed by atoms with van der Waals surface area (Å²) in [7, 11) is -1.81. The van der Waals surface area contributed by atoms with Crippen LogP contribution in [-0.4, -0.2) is 68.1 Å². The molecule has 1 fully saturated rings. The zero-order valence-electron chi connectivity index (χ0n) is 14.6. The van der Waals surface area contributed by atoms with Crippen LogP contribution in [0.4, 0.5) is 5.82 Å². The second kappa shape index (κ2) is 6.82. The average Bonchev–Trinajstić information content (AvgIpc) is 3.09. The SMILES string of the molecule is C[Si](C)(C)OC#Cc1nc(N)c2ncn([C@@H]3O[C@H](CO)[C@@H](O)[C@H]3O)c2n1. The Morgan fingerprint density at radius 3 is 2.65 bits per heavy atom. The summed E-state index contributed by atoms with van der Waals surface area (Å²) >= 11 is 0. The van der Waals surface area contributed by atoms with Crippen LogP contribution in [-0.2, 0) is 9.16 Å². The van der Waals surface area contributed by atoms with E-state index < -0.39 is 39.5 Å². The Hall–Kier alpha value is -2.23. The van der Waals surface area contributed by atoms with E-state index in [4.69, 9.17) is 14.9 Å². The molecular weight excluding hydrogens is 358 g/mol. The summed E-state index contributed by atoms with van der Waals surface area (Å²) in [5.41, 5.74) is 6.54. The fraction of sp³-hybridized carbons (Fsp3) is 0.533. The van der Waals surface area contributed by atoms with Gasteiger partial charge in [0, 0.05) is 5.92 Å². The van der Waals surface area contributed by atoms with Crippen LogP contribution in [0.2, 0.25) is 19.6 Å². The number of aliphatic hydroxyl groups excluding tert-OH is 3. The van der Waals surface area contributed by atoms with E-state index in [9.17, 15) is 15.3 Å². The number of hydrogen-bond donors (Lipinski definition) is 4. The number of fused-ring (bicyclic) bond motifs is 1. The Bertz CT molecular complexity index is 871. The van der Waals surface area contributed by atoms with Gasteiger partial charge in [0.1, 0.15) is 29.9 Å². The van der Waals surface area contributed by atoms with Crippen molar-refractivity contribution < 1.29 is 24.5 Å². The lowest BCUT2D eigenvalue weighted by Gasteiger charge is -2.16. The van der Waals surface area contributed by atoms with Crippen LogP contribution in [0.15, 0.2) is 6.33 Å². The number of ether oxygens (including phenoxy) is 1. The Morgan fingerprint density at radius 2 is 2.04 bits per heavy atom. The largest absolute Gasteiger partial charge is 0.501 e. The number of hydrogen-bond acceptors (Lipinski definition) is 9. The lowest BCUT2D eigenvalue weighted by atomic mass is 10.1. The maximum absolute atomic E-state index is 10.2. The summed E-state index contributed by atoms with van der Waals surface area (Å²) in [6.07, 6.45) is -0.392. The van der Waals surface area contributed by atoms with Gasteiger partial charge in [-0.15, -0.1) is 0 Å². The van der Waals surface area contributed by atoms with Crippen LogP contribution in [0.5, 0.6) is 0 Å². The highest BCUT2D eigenvalue weighted by atomic mass is 28.4. The van der Waals surface area contributed by atoms with Gasteiger partial charge in [0.2, 0.25) is 5.82 Å². The van der Waals surface area contributed by atoms with Crippen molar-refractivity contribution in [2.75, 3.05) is 12.3 Å². The number of nitrogen functional groups attached to an aromatic ring is 1. The molecule has 0 aliphatic carbocycles. The van der Waals surface area contributed by atoms with Gasteiger partial charge in [0.15, 0.2) is 17.7 Å². The second-order valence-corrected chi connectivity index (χ2v) is 11.4. The first-order valence-electron chi connectivity index (χ1n) is 8.03. The first-order chi connectivity index (χ1) is 12.2. The molecule has 0 bridgehead atoms. The molecule has 3 rings (SSSR count). The van der Waals surface area contributed by atoms with Crippen molar-refractivity contribution in [2.24, 2.45) is 0 Å². The molecule has 1 saturated heterocycles. The molecule has 2 aromatic rings. The van der Waals surface area contributed by atoms with E-state index in [1.165, 1.54) is 10.9 Å². The summed E-state index contributed by atoms with van der Waals surface area (Å²) in [6.45, 7) is 5.56. The highest BCUT2D eigenvalue weighted by molar-refractivity contribution is 6.70. The molecule has 11 heteroatoms. The van der Waals surface area contributed by atoms with E-state index in [1.54, 1.807) is 0 Å². The molecule has 0 radical (unpaired) electrons. The molecule has 1 aliphatic rings. The van der Waals surface area contributed by atoms with Crippen molar-refractivity contribution in [1.82, 2.24) is 19.5 Å². The van der Waals surface area contributed by atoms with Crippen molar-refractivity contribution in [3.8, 4) is 12.0 Å². The normalized spacial score (nSPS) is 25.9. The second-order valence-electron chi connectivity index (χ2n) is 6.93. The molecule has 0 aromatic carbocycles. The zero-order chi connectivity index (χ0) is 19.1. The van der Waals surface area contributed by atoms with Gasteiger partial charge in [0.05, 0.1) is 12.9 Å². The molecule has 2 aromatic heterocycles. The summed E-state index contributed by atoms with van der Waals surface area (Å²) in [6, 6.07) is 0. The maximum Gasteiger partial charge on any atom is 0.255 e. The third-order valence-electron chi connectivity index (χ3n) is 3.76. The number of rotatable bonds is 3. The van der Waals surface area contributed by atoms with Crippen LogP contribution in [0.25, 0.3) is 11.2 Å². The van der Waals surface area contributed by atoms with Crippen LogP contribution in [0.1, 0.15) is 12.1 Å². The van der Waals surface area contributed by atoms with Crippen LogP contribution in [0.3, 0.4) is 0 Å². The van der Waals surface area contributed by atoms with E-state index >= 15 is 0 Å². The highest BCUT2D eigenvalue weighted by Crippen LogP contribution is 2.31. The minimum absolute atomic E-state index is 0.123. The summed E-state index contributed by atoms with van der Waals surface area (Å²) in [4.78, 5) is 12.5. The van der Waals surface area contributed by atoms with Crippen molar-refractivity contribution >= 4 is 25.3 Å². The van der Waals surface area contributed by atoms with Gasteiger partial charge >= 0.3 is 0 Å². The van der Waals surface area contributed by atoms with Crippen molar-refractivity contribution in [3.63, 3.8) is 0 Å². The van der Waals surface area contributed by atoms with Gasteiger partial charge in [-0.25, -0.2) is 15.0 Å². The van der Waals surface area contributed by atoms with Crippen LogP contribution >= 0.6 is 0 Å². The summed E-state index contributed by atoms with van der Waals surface area (Å²) < 4.78 is 12.4. The minimum Gasteiger partial charge on any atom is -0.501 e. The molecule has 5 N–H and O–H groups in total. The smallest absolute Gasteiger partial charge is 0.255 e. The molecule has 3 heterocycles.